The van der Waals surface area contributed by atoms with Gasteiger partial charge in [0.1, 0.15) is 17.8 Å². The maximum atomic E-state index is 13.5. The molecule has 2 N–H and O–H groups in total. The van der Waals surface area contributed by atoms with E-state index in [1.54, 1.807) is 11.0 Å². The molecule has 0 unspecified atom stereocenters. The quantitative estimate of drug-likeness (QED) is 0.466. The molecule has 0 aliphatic carbocycles. The number of nitrogens with zero attached hydrogens (tertiary/aromatic N) is 6. The Balaban J connectivity index is 1.41. The summed E-state index contributed by atoms with van der Waals surface area (Å²) >= 11 is 0. The number of pyridine rings is 1. The fourth-order valence-electron chi connectivity index (χ4n) is 4.11. The molecule has 1 saturated heterocycles. The number of primary amides is 1. The molecule has 12 heteroatoms. The molecule has 0 spiro atoms. The van der Waals surface area contributed by atoms with E-state index >= 15 is 0 Å². The minimum Gasteiger partial charge on any atom is -0.364 e. The molecule has 1 aliphatic rings. The highest BCUT2D eigenvalue weighted by Crippen LogP contribution is 2.29. The Bertz CT molecular complexity index is 1430. The Morgan fingerprint density at radius 3 is 2.28 bits per heavy atom. The Morgan fingerprint density at radius 1 is 0.944 bits per heavy atom. The van der Waals surface area contributed by atoms with Crippen molar-refractivity contribution in [1.82, 2.24) is 24.3 Å². The lowest BCUT2D eigenvalue weighted by Gasteiger charge is -2.35. The zero-order chi connectivity index (χ0) is 25.4. The van der Waals surface area contributed by atoms with Crippen molar-refractivity contribution in [2.45, 2.75) is 6.18 Å². The first kappa shape index (κ1) is 23.3. The van der Waals surface area contributed by atoms with Crippen LogP contribution in [0.4, 0.5) is 19.0 Å². The smallest absolute Gasteiger partial charge is 0.364 e. The van der Waals surface area contributed by atoms with Crippen molar-refractivity contribution in [3.8, 4) is 11.3 Å². The van der Waals surface area contributed by atoms with Crippen LogP contribution in [-0.2, 0) is 6.18 Å². The molecule has 36 heavy (non-hydrogen) atoms. The maximum absolute atomic E-state index is 13.5. The average molecular weight is 495 g/mol. The summed E-state index contributed by atoms with van der Waals surface area (Å²) in [4.78, 5) is 41.4. The van der Waals surface area contributed by atoms with Crippen LogP contribution >= 0.6 is 0 Å². The molecule has 3 aromatic heterocycles. The minimum atomic E-state index is -4.45. The van der Waals surface area contributed by atoms with Gasteiger partial charge in [0.05, 0.1) is 11.3 Å². The van der Waals surface area contributed by atoms with Crippen molar-refractivity contribution in [1.29, 1.82) is 0 Å². The topological polar surface area (TPSA) is 110 Å². The summed E-state index contributed by atoms with van der Waals surface area (Å²) in [7, 11) is 0. The van der Waals surface area contributed by atoms with Gasteiger partial charge in [-0.25, -0.2) is 15.0 Å². The highest BCUT2D eigenvalue weighted by Gasteiger charge is 2.31. The Hall–Kier alpha value is -4.48. The normalized spacial score (nSPS) is 14.3. The first-order valence-electron chi connectivity index (χ1n) is 11.0. The molecular weight excluding hydrogens is 475 g/mol. The maximum Gasteiger partial charge on any atom is 0.417 e. The van der Waals surface area contributed by atoms with E-state index in [4.69, 9.17) is 5.73 Å². The Morgan fingerprint density at radius 2 is 1.67 bits per heavy atom. The summed E-state index contributed by atoms with van der Waals surface area (Å²) < 4.78 is 39.9. The number of aromatic nitrogens is 4. The second-order valence-corrected chi connectivity index (χ2v) is 8.23. The molecule has 0 atom stereocenters. The number of carbonyl (C=O) groups is 2. The van der Waals surface area contributed by atoms with Gasteiger partial charge in [0.25, 0.3) is 11.8 Å². The number of benzene rings is 1. The molecule has 0 bridgehead atoms. The molecule has 184 valence electrons. The summed E-state index contributed by atoms with van der Waals surface area (Å²) in [5.74, 6) is -0.646. The van der Waals surface area contributed by atoms with Gasteiger partial charge in [-0.2, -0.15) is 13.2 Å². The zero-order valence-corrected chi connectivity index (χ0v) is 18.8. The molecule has 4 heterocycles. The number of nitrogens with two attached hydrogens (primary N) is 1. The summed E-state index contributed by atoms with van der Waals surface area (Å²) in [5.41, 5.74) is 6.29. The lowest BCUT2D eigenvalue weighted by atomic mass is 10.1. The van der Waals surface area contributed by atoms with E-state index in [-0.39, 0.29) is 22.9 Å². The third-order valence-electron chi connectivity index (χ3n) is 5.99. The van der Waals surface area contributed by atoms with E-state index in [0.717, 1.165) is 17.8 Å². The Labute approximate surface area is 203 Å². The molecule has 1 fully saturated rings. The van der Waals surface area contributed by atoms with Crippen molar-refractivity contribution >= 4 is 23.3 Å². The number of hydrogen-bond donors (Lipinski definition) is 1. The van der Waals surface area contributed by atoms with Crippen LogP contribution in [0.15, 0.2) is 61.1 Å². The largest absolute Gasteiger partial charge is 0.417 e. The van der Waals surface area contributed by atoms with Crippen molar-refractivity contribution in [2.24, 2.45) is 5.73 Å². The molecule has 5 rings (SSSR count). The Kier molecular flexibility index (Phi) is 5.78. The first-order valence-corrected chi connectivity index (χ1v) is 11.0. The van der Waals surface area contributed by atoms with Gasteiger partial charge in [-0.15, -0.1) is 0 Å². The summed E-state index contributed by atoms with van der Waals surface area (Å²) in [6, 6.07) is 13.2. The van der Waals surface area contributed by atoms with Crippen molar-refractivity contribution in [2.75, 3.05) is 31.1 Å². The van der Waals surface area contributed by atoms with Crippen LogP contribution in [0.3, 0.4) is 0 Å². The van der Waals surface area contributed by atoms with Crippen LogP contribution in [0, 0.1) is 0 Å². The molecule has 1 aromatic carbocycles. The number of piperazine rings is 1. The van der Waals surface area contributed by atoms with E-state index in [1.807, 2.05) is 35.2 Å². The van der Waals surface area contributed by atoms with Crippen LogP contribution in [0.5, 0.6) is 0 Å². The zero-order valence-electron chi connectivity index (χ0n) is 18.8. The molecule has 2 amide bonds. The van der Waals surface area contributed by atoms with Crippen molar-refractivity contribution < 1.29 is 22.8 Å². The molecule has 4 aromatic rings. The predicted octanol–water partition coefficient (Wildman–Crippen LogP) is 2.87. The van der Waals surface area contributed by atoms with E-state index < -0.39 is 17.6 Å². The van der Waals surface area contributed by atoms with Gasteiger partial charge in [-0.3, -0.25) is 14.0 Å². The number of anilines is 1. The molecule has 9 nitrogen and oxygen atoms in total. The van der Waals surface area contributed by atoms with E-state index in [0.29, 0.717) is 37.7 Å². The van der Waals surface area contributed by atoms with Gasteiger partial charge in [0.15, 0.2) is 11.3 Å². The van der Waals surface area contributed by atoms with Crippen molar-refractivity contribution in [3.05, 3.63) is 78.0 Å². The monoisotopic (exact) mass is 495 g/mol. The second kappa shape index (κ2) is 8.95. The van der Waals surface area contributed by atoms with E-state index in [9.17, 15) is 22.8 Å². The standard InChI is InChI=1S/C24H20F3N7O2/c25-24(26,27)16-6-7-19(29-13-16)32-8-10-33(11-9-32)23(36)18-12-17(15-4-2-1-3-5-15)31-22-20(21(28)35)30-14-34(18)22/h1-7,12-14H,8-11H2,(H2,28,35). The number of halogens is 3. The van der Waals surface area contributed by atoms with Crippen LogP contribution < -0.4 is 10.6 Å². The number of rotatable bonds is 4. The number of fused-ring (bicyclic) bond motifs is 1. The van der Waals surface area contributed by atoms with Gasteiger partial charge in [-0.05, 0) is 18.2 Å². The molecular formula is C24H20F3N7O2. The van der Waals surface area contributed by atoms with Gasteiger partial charge < -0.3 is 15.5 Å². The predicted molar refractivity (Wildman–Crippen MR) is 124 cm³/mol. The van der Waals surface area contributed by atoms with Gasteiger partial charge in [0.2, 0.25) is 0 Å². The van der Waals surface area contributed by atoms with E-state index in [2.05, 4.69) is 15.0 Å². The average Bonchev–Trinajstić information content (AvgIpc) is 3.32. The summed E-state index contributed by atoms with van der Waals surface area (Å²) in [6.45, 7) is 1.42. The van der Waals surface area contributed by atoms with Crippen molar-refractivity contribution in [3.63, 3.8) is 0 Å². The number of carbonyl (C=O) groups excluding carboxylic acids is 2. The SMILES string of the molecule is NC(=O)c1ncn2c(C(=O)N3CCN(c4ccc(C(F)(F)F)cn4)CC3)cc(-c3ccccc3)nc12. The van der Waals surface area contributed by atoms with Crippen LogP contribution in [0.25, 0.3) is 16.9 Å². The number of hydrogen-bond acceptors (Lipinski definition) is 6. The fourth-order valence-corrected chi connectivity index (χ4v) is 4.11. The van der Waals surface area contributed by atoms with Crippen LogP contribution in [0.1, 0.15) is 26.5 Å². The van der Waals surface area contributed by atoms with Crippen LogP contribution in [-0.4, -0.2) is 62.2 Å². The number of imidazole rings is 1. The molecule has 0 saturated carbocycles. The third-order valence-corrected chi connectivity index (χ3v) is 5.99. The lowest BCUT2D eigenvalue weighted by molar-refractivity contribution is -0.137. The second-order valence-electron chi connectivity index (χ2n) is 8.23. The lowest BCUT2D eigenvalue weighted by Crippen LogP contribution is -2.49. The fraction of sp³-hybridized carbons (Fsp3) is 0.208. The highest BCUT2D eigenvalue weighted by molar-refractivity contribution is 5.99. The van der Waals surface area contributed by atoms with Gasteiger partial charge in [0, 0.05) is 37.9 Å². The molecule has 1 aliphatic heterocycles. The van der Waals surface area contributed by atoms with Crippen LogP contribution in [0.2, 0.25) is 0 Å². The summed E-state index contributed by atoms with van der Waals surface area (Å²) in [5, 5.41) is 0. The van der Waals surface area contributed by atoms with Gasteiger partial charge in [-0.1, -0.05) is 30.3 Å². The first-order chi connectivity index (χ1) is 17.2. The third kappa shape index (κ3) is 4.32. The molecule has 0 radical (unpaired) electrons. The highest BCUT2D eigenvalue weighted by atomic mass is 19.4. The van der Waals surface area contributed by atoms with E-state index in [1.165, 1.54) is 16.8 Å². The summed E-state index contributed by atoms with van der Waals surface area (Å²) in [6.07, 6.45) is -2.30. The van der Waals surface area contributed by atoms with Gasteiger partial charge >= 0.3 is 6.18 Å². The minimum absolute atomic E-state index is 0.0416. The number of amides is 2. The number of alkyl halides is 3.